The molecule has 2 aromatic rings. The lowest BCUT2D eigenvalue weighted by atomic mass is 10.0. The van der Waals surface area contributed by atoms with Gasteiger partial charge >= 0.3 is 0 Å². The van der Waals surface area contributed by atoms with Crippen molar-refractivity contribution in [3.05, 3.63) is 71.8 Å². The van der Waals surface area contributed by atoms with E-state index in [1.807, 2.05) is 36.4 Å². The zero-order chi connectivity index (χ0) is 19.4. The van der Waals surface area contributed by atoms with Crippen molar-refractivity contribution in [2.24, 2.45) is 0 Å². The number of aliphatic hydroxyl groups is 1. The third kappa shape index (κ3) is 3.90. The molecule has 0 amide bonds. The molecule has 3 atom stereocenters. The summed E-state index contributed by atoms with van der Waals surface area (Å²) in [5, 5.41) is 10.4. The molecule has 0 aliphatic carbocycles. The van der Waals surface area contributed by atoms with Gasteiger partial charge in [0.15, 0.2) is 0 Å². The average molecular weight is 385 g/mol. The summed E-state index contributed by atoms with van der Waals surface area (Å²) < 4.78 is 13.4. The number of hydrogen-bond donors (Lipinski definition) is 1. The molecule has 4 heteroatoms. The van der Waals surface area contributed by atoms with Crippen LogP contribution in [0.4, 0.5) is 0 Å². The van der Waals surface area contributed by atoms with E-state index < -0.39 is 8.32 Å². The summed E-state index contributed by atoms with van der Waals surface area (Å²) in [6.07, 6.45) is -0.252. The Bertz CT molecular complexity index is 694. The Labute approximate surface area is 164 Å². The van der Waals surface area contributed by atoms with Crippen molar-refractivity contribution in [1.82, 2.24) is 0 Å². The lowest BCUT2D eigenvalue weighted by Gasteiger charge is -2.39. The molecule has 0 aromatic heterocycles. The van der Waals surface area contributed by atoms with Gasteiger partial charge in [0.1, 0.15) is 0 Å². The number of aliphatic hydroxyl groups excluding tert-OH is 1. The van der Waals surface area contributed by atoms with Gasteiger partial charge in [0.25, 0.3) is 0 Å². The summed E-state index contributed by atoms with van der Waals surface area (Å²) in [5.74, 6) is 0. The van der Waals surface area contributed by atoms with Gasteiger partial charge in [0.05, 0.1) is 18.8 Å². The molecule has 2 aromatic carbocycles. The van der Waals surface area contributed by atoms with Gasteiger partial charge in [-0.2, -0.15) is 0 Å². The van der Waals surface area contributed by atoms with Crippen molar-refractivity contribution in [2.75, 3.05) is 6.61 Å². The van der Waals surface area contributed by atoms with Crippen LogP contribution in [0.2, 0.25) is 16.6 Å². The fraction of sp³-hybridized carbons (Fsp3) is 0.478. The fourth-order valence-electron chi connectivity index (χ4n) is 4.75. The summed E-state index contributed by atoms with van der Waals surface area (Å²) >= 11 is 0. The molecule has 0 bridgehead atoms. The van der Waals surface area contributed by atoms with Crippen LogP contribution in [0.25, 0.3) is 0 Å². The molecule has 1 N–H and O–H groups in total. The van der Waals surface area contributed by atoms with Gasteiger partial charge in [-0.15, -0.1) is 0 Å². The molecular formula is C23H32O3Si. The topological polar surface area (TPSA) is 38.7 Å². The molecule has 1 aliphatic heterocycles. The van der Waals surface area contributed by atoms with Gasteiger partial charge < -0.3 is 14.3 Å². The molecular weight excluding hydrogens is 352 g/mol. The molecule has 0 spiro atoms. The zero-order valence-corrected chi connectivity index (χ0v) is 17.8. The van der Waals surface area contributed by atoms with Crippen LogP contribution in [0.1, 0.15) is 44.9 Å². The Balaban J connectivity index is 1.96. The monoisotopic (exact) mass is 384 g/mol. The molecule has 3 nitrogen and oxygen atoms in total. The quantitative estimate of drug-likeness (QED) is 0.643. The molecule has 27 heavy (non-hydrogen) atoms. The molecule has 0 saturated carbocycles. The van der Waals surface area contributed by atoms with Crippen LogP contribution in [0.3, 0.4) is 0 Å². The second-order valence-corrected chi connectivity index (χ2v) is 13.2. The van der Waals surface area contributed by atoms with Gasteiger partial charge in [-0.1, -0.05) is 88.4 Å². The lowest BCUT2D eigenvalue weighted by Crippen LogP contribution is -2.47. The van der Waals surface area contributed by atoms with Crippen molar-refractivity contribution in [1.29, 1.82) is 0 Å². The standard InChI is InChI=1S/C23H32O3Si/c1-17(2)27(18(3)4)21(15-24)23(25-16-19-11-7-5-8-12-19)22(26-27)20-13-9-6-10-14-20/h5-14,17-18,21-24H,15-16H2,1-4H3/t21-,22+,23-/m0/s1. The van der Waals surface area contributed by atoms with Crippen LogP contribution in [0.5, 0.6) is 0 Å². The van der Waals surface area contributed by atoms with Gasteiger partial charge in [0.2, 0.25) is 8.32 Å². The van der Waals surface area contributed by atoms with Crippen LogP contribution in [-0.4, -0.2) is 26.1 Å². The third-order valence-electron chi connectivity index (χ3n) is 6.02. The van der Waals surface area contributed by atoms with Crippen LogP contribution < -0.4 is 0 Å². The first-order chi connectivity index (χ1) is 13.0. The van der Waals surface area contributed by atoms with Crippen molar-refractivity contribution >= 4 is 8.32 Å². The van der Waals surface area contributed by atoms with Gasteiger partial charge in [-0.05, 0) is 22.2 Å². The van der Waals surface area contributed by atoms with Crippen molar-refractivity contribution < 1.29 is 14.3 Å². The first-order valence-electron chi connectivity index (χ1n) is 9.99. The van der Waals surface area contributed by atoms with Crippen molar-refractivity contribution in [2.45, 2.75) is 63.1 Å². The van der Waals surface area contributed by atoms with Gasteiger partial charge in [0, 0.05) is 12.1 Å². The molecule has 1 heterocycles. The number of rotatable bonds is 7. The number of ether oxygens (including phenoxy) is 1. The SMILES string of the molecule is CC(C)[Si]1(C(C)C)O[C@H](c2ccccc2)[C@@H](OCc2ccccc2)[C@@H]1CO. The predicted molar refractivity (Wildman–Crippen MR) is 112 cm³/mol. The van der Waals surface area contributed by atoms with Crippen molar-refractivity contribution in [3.8, 4) is 0 Å². The average Bonchev–Trinajstić information content (AvgIpc) is 3.03. The van der Waals surface area contributed by atoms with Crippen molar-refractivity contribution in [3.63, 3.8) is 0 Å². The van der Waals surface area contributed by atoms with E-state index >= 15 is 0 Å². The van der Waals surface area contributed by atoms with E-state index in [-0.39, 0.29) is 24.4 Å². The Morgan fingerprint density at radius 2 is 1.48 bits per heavy atom. The van der Waals surface area contributed by atoms with E-state index in [2.05, 4.69) is 52.0 Å². The summed E-state index contributed by atoms with van der Waals surface area (Å²) in [4.78, 5) is 0. The molecule has 1 saturated heterocycles. The molecule has 1 aliphatic rings. The van der Waals surface area contributed by atoms with Gasteiger partial charge in [-0.25, -0.2) is 0 Å². The molecule has 0 unspecified atom stereocenters. The van der Waals surface area contributed by atoms with E-state index in [0.717, 1.165) is 11.1 Å². The van der Waals surface area contributed by atoms with Crippen LogP contribution in [0, 0.1) is 0 Å². The second-order valence-electron chi connectivity index (χ2n) is 8.16. The normalized spacial score (nSPS) is 24.6. The zero-order valence-electron chi connectivity index (χ0n) is 16.8. The molecule has 1 fully saturated rings. The Morgan fingerprint density at radius 1 is 0.926 bits per heavy atom. The largest absolute Gasteiger partial charge is 0.406 e. The van der Waals surface area contributed by atoms with E-state index in [4.69, 9.17) is 9.16 Å². The van der Waals surface area contributed by atoms with E-state index in [1.54, 1.807) is 0 Å². The highest BCUT2D eigenvalue weighted by atomic mass is 28.4. The minimum atomic E-state index is -2.24. The minimum absolute atomic E-state index is 0.0615. The fourth-order valence-corrected chi connectivity index (χ4v) is 10.3. The third-order valence-corrected chi connectivity index (χ3v) is 12.0. The maximum atomic E-state index is 10.4. The summed E-state index contributed by atoms with van der Waals surface area (Å²) in [5.41, 5.74) is 3.17. The highest BCUT2D eigenvalue weighted by Crippen LogP contribution is 2.55. The summed E-state index contributed by atoms with van der Waals surface area (Å²) in [6.45, 7) is 9.64. The van der Waals surface area contributed by atoms with Crippen LogP contribution in [-0.2, 0) is 15.8 Å². The minimum Gasteiger partial charge on any atom is -0.406 e. The Morgan fingerprint density at radius 3 is 2.00 bits per heavy atom. The summed E-state index contributed by atoms with van der Waals surface area (Å²) in [6, 6.07) is 20.6. The summed E-state index contributed by atoms with van der Waals surface area (Å²) in [7, 11) is -2.24. The Hall–Kier alpha value is -1.46. The smallest absolute Gasteiger partial charge is 0.206 e. The number of benzene rings is 2. The lowest BCUT2D eigenvalue weighted by molar-refractivity contribution is -0.0213. The Kier molecular flexibility index (Phi) is 6.53. The highest BCUT2D eigenvalue weighted by molar-refractivity contribution is 6.78. The molecule has 0 radical (unpaired) electrons. The predicted octanol–water partition coefficient (Wildman–Crippen LogP) is 5.47. The van der Waals surface area contributed by atoms with E-state index in [1.165, 1.54) is 0 Å². The first kappa shape index (κ1) is 20.3. The van der Waals surface area contributed by atoms with Crippen LogP contribution >= 0.6 is 0 Å². The highest BCUT2D eigenvalue weighted by Gasteiger charge is 2.60. The second kappa shape index (κ2) is 8.70. The molecule has 146 valence electrons. The van der Waals surface area contributed by atoms with Gasteiger partial charge in [-0.3, -0.25) is 0 Å². The maximum absolute atomic E-state index is 10.4. The maximum Gasteiger partial charge on any atom is 0.206 e. The van der Waals surface area contributed by atoms with Crippen LogP contribution in [0.15, 0.2) is 60.7 Å². The number of hydrogen-bond acceptors (Lipinski definition) is 3. The molecule has 3 rings (SSSR count). The first-order valence-corrected chi connectivity index (χ1v) is 12.1. The van der Waals surface area contributed by atoms with E-state index in [9.17, 15) is 5.11 Å². The van der Waals surface area contributed by atoms with E-state index in [0.29, 0.717) is 17.7 Å².